The maximum Gasteiger partial charge on any atom is 0.237 e. The molecule has 0 heterocycles. The molecule has 0 aliphatic carbocycles. The normalized spacial score (nSPS) is 12.9. The van der Waals surface area contributed by atoms with Crippen LogP contribution in [0.1, 0.15) is 19.8 Å². The van der Waals surface area contributed by atoms with E-state index in [4.69, 9.17) is 0 Å². The fourth-order valence-corrected chi connectivity index (χ4v) is 1.38. The fourth-order valence-electron chi connectivity index (χ4n) is 1.38. The molecule has 1 atom stereocenters. The fraction of sp³-hybridized carbons (Fsp3) is 0.900. The Balaban J connectivity index is 3.70. The van der Waals surface area contributed by atoms with E-state index >= 15 is 0 Å². The van der Waals surface area contributed by atoms with Gasteiger partial charge in [0.15, 0.2) is 0 Å². The van der Waals surface area contributed by atoms with Gasteiger partial charge in [-0.3, -0.25) is 9.69 Å². The van der Waals surface area contributed by atoms with Gasteiger partial charge in [-0.1, -0.05) is 6.92 Å². The monoisotopic (exact) mass is 201 g/mol. The molecule has 2 N–H and O–H groups in total. The third-order valence-electron chi connectivity index (χ3n) is 2.22. The second kappa shape index (κ2) is 7.76. The lowest BCUT2D eigenvalue weighted by Crippen LogP contribution is -2.43. The van der Waals surface area contributed by atoms with Gasteiger partial charge in [-0.15, -0.1) is 0 Å². The number of carbonyl (C=O) groups is 1. The van der Waals surface area contributed by atoms with Gasteiger partial charge >= 0.3 is 0 Å². The molecule has 1 amide bonds. The first-order valence-corrected chi connectivity index (χ1v) is 5.22. The van der Waals surface area contributed by atoms with Crippen molar-refractivity contribution in [1.29, 1.82) is 0 Å². The van der Waals surface area contributed by atoms with Gasteiger partial charge in [0, 0.05) is 6.54 Å². The number of nitrogens with zero attached hydrogens (tertiary/aromatic N) is 1. The topological polar surface area (TPSA) is 44.4 Å². The second-order valence-corrected chi connectivity index (χ2v) is 3.64. The average Bonchev–Trinajstić information content (AvgIpc) is 2.13. The van der Waals surface area contributed by atoms with Gasteiger partial charge in [0.25, 0.3) is 0 Å². The molecule has 4 heteroatoms. The minimum atomic E-state index is 0.00425. The molecule has 0 saturated heterocycles. The van der Waals surface area contributed by atoms with Crippen LogP contribution in [0, 0.1) is 0 Å². The van der Waals surface area contributed by atoms with Gasteiger partial charge in [-0.25, -0.2) is 0 Å². The Morgan fingerprint density at radius 1 is 1.36 bits per heavy atom. The molecule has 0 unspecified atom stereocenters. The average molecular weight is 201 g/mol. The zero-order valence-electron chi connectivity index (χ0n) is 9.76. The van der Waals surface area contributed by atoms with Gasteiger partial charge in [0.05, 0.1) is 6.04 Å². The summed E-state index contributed by atoms with van der Waals surface area (Å²) in [5.41, 5.74) is 0. The summed E-state index contributed by atoms with van der Waals surface area (Å²) in [4.78, 5) is 13.6. The molecule has 4 nitrogen and oxygen atoms in total. The molecule has 84 valence electrons. The van der Waals surface area contributed by atoms with Crippen molar-refractivity contribution in [1.82, 2.24) is 15.5 Å². The molecule has 0 aromatic rings. The molecule has 0 aliphatic heterocycles. The molecular formula is C10H23N3O. The Hall–Kier alpha value is -0.610. The maximum atomic E-state index is 11.6. The lowest BCUT2D eigenvalue weighted by molar-refractivity contribution is -0.125. The highest BCUT2D eigenvalue weighted by molar-refractivity contribution is 5.81. The molecule has 0 aliphatic rings. The summed E-state index contributed by atoms with van der Waals surface area (Å²) < 4.78 is 0. The summed E-state index contributed by atoms with van der Waals surface area (Å²) in [6.45, 7) is 3.72. The first-order valence-electron chi connectivity index (χ1n) is 5.22. The molecule has 0 aromatic heterocycles. The van der Waals surface area contributed by atoms with Crippen molar-refractivity contribution < 1.29 is 4.79 Å². The van der Waals surface area contributed by atoms with E-state index in [0.717, 1.165) is 25.9 Å². The van der Waals surface area contributed by atoms with Crippen LogP contribution in [0.15, 0.2) is 0 Å². The predicted molar refractivity (Wildman–Crippen MR) is 59.3 cm³/mol. The molecule has 0 radical (unpaired) electrons. The summed E-state index contributed by atoms with van der Waals surface area (Å²) in [7, 11) is 5.78. The van der Waals surface area contributed by atoms with Crippen LogP contribution in [0.5, 0.6) is 0 Å². The van der Waals surface area contributed by atoms with Crippen molar-refractivity contribution in [3.05, 3.63) is 0 Å². The molecule has 0 aromatic carbocycles. The quantitative estimate of drug-likeness (QED) is 0.572. The number of carbonyl (C=O) groups excluding carboxylic acids is 1. The van der Waals surface area contributed by atoms with Crippen LogP contribution in [0.3, 0.4) is 0 Å². The van der Waals surface area contributed by atoms with E-state index in [-0.39, 0.29) is 11.9 Å². The zero-order chi connectivity index (χ0) is 11.0. The lowest BCUT2D eigenvalue weighted by atomic mass is 10.2. The molecule has 0 rings (SSSR count). The van der Waals surface area contributed by atoms with Crippen LogP contribution in [-0.4, -0.2) is 51.1 Å². The smallest absolute Gasteiger partial charge is 0.237 e. The van der Waals surface area contributed by atoms with E-state index in [9.17, 15) is 4.79 Å². The molecule has 14 heavy (non-hydrogen) atoms. The van der Waals surface area contributed by atoms with Crippen molar-refractivity contribution in [2.24, 2.45) is 0 Å². The number of hydrogen-bond donors (Lipinski definition) is 2. The SMILES string of the molecule is CC[C@@H](C(=O)NCCCNC)N(C)C. The van der Waals surface area contributed by atoms with E-state index < -0.39 is 0 Å². The Morgan fingerprint density at radius 2 is 2.00 bits per heavy atom. The highest BCUT2D eigenvalue weighted by Gasteiger charge is 2.17. The van der Waals surface area contributed by atoms with Crippen molar-refractivity contribution >= 4 is 5.91 Å². The van der Waals surface area contributed by atoms with E-state index in [1.54, 1.807) is 0 Å². The Kier molecular flexibility index (Phi) is 7.42. The Bertz CT molecular complexity index is 159. The molecular weight excluding hydrogens is 178 g/mol. The van der Waals surface area contributed by atoms with Gasteiger partial charge < -0.3 is 10.6 Å². The number of hydrogen-bond acceptors (Lipinski definition) is 3. The third kappa shape index (κ3) is 5.19. The zero-order valence-corrected chi connectivity index (χ0v) is 9.76. The summed E-state index contributed by atoms with van der Waals surface area (Å²) in [5.74, 6) is 0.133. The van der Waals surface area contributed by atoms with Gasteiger partial charge in [0.2, 0.25) is 5.91 Å². The van der Waals surface area contributed by atoms with Gasteiger partial charge in [0.1, 0.15) is 0 Å². The van der Waals surface area contributed by atoms with Crippen molar-refractivity contribution in [3.8, 4) is 0 Å². The maximum absolute atomic E-state index is 11.6. The number of amides is 1. The summed E-state index contributed by atoms with van der Waals surface area (Å²) >= 11 is 0. The van der Waals surface area contributed by atoms with Crippen LogP contribution >= 0.6 is 0 Å². The summed E-state index contributed by atoms with van der Waals surface area (Å²) in [5, 5.41) is 5.97. The number of nitrogens with one attached hydrogen (secondary N) is 2. The standard InChI is InChI=1S/C10H23N3O/c1-5-9(13(3)4)10(14)12-8-6-7-11-2/h9,11H,5-8H2,1-4H3,(H,12,14)/t9-/m0/s1. The summed E-state index contributed by atoms with van der Waals surface area (Å²) in [6, 6.07) is 0.00425. The van der Waals surface area contributed by atoms with Gasteiger partial charge in [-0.05, 0) is 40.5 Å². The lowest BCUT2D eigenvalue weighted by Gasteiger charge is -2.21. The van der Waals surface area contributed by atoms with Gasteiger partial charge in [-0.2, -0.15) is 0 Å². The first kappa shape index (κ1) is 13.4. The molecule has 0 spiro atoms. The van der Waals surface area contributed by atoms with E-state index in [2.05, 4.69) is 10.6 Å². The summed E-state index contributed by atoms with van der Waals surface area (Å²) in [6.07, 6.45) is 1.83. The Morgan fingerprint density at radius 3 is 2.43 bits per heavy atom. The molecule has 0 fully saturated rings. The van der Waals surface area contributed by atoms with Crippen LogP contribution < -0.4 is 10.6 Å². The van der Waals surface area contributed by atoms with E-state index in [1.165, 1.54) is 0 Å². The van der Waals surface area contributed by atoms with Crippen molar-refractivity contribution in [3.63, 3.8) is 0 Å². The van der Waals surface area contributed by atoms with Crippen LogP contribution in [0.4, 0.5) is 0 Å². The van der Waals surface area contributed by atoms with Crippen molar-refractivity contribution in [2.75, 3.05) is 34.2 Å². The van der Waals surface area contributed by atoms with Crippen LogP contribution in [0.2, 0.25) is 0 Å². The number of rotatable bonds is 7. The van der Waals surface area contributed by atoms with Crippen LogP contribution in [-0.2, 0) is 4.79 Å². The second-order valence-electron chi connectivity index (χ2n) is 3.64. The van der Waals surface area contributed by atoms with E-state index in [1.807, 2.05) is 33.0 Å². The third-order valence-corrected chi connectivity index (χ3v) is 2.22. The molecule has 0 saturated carbocycles. The van der Waals surface area contributed by atoms with Crippen molar-refractivity contribution in [2.45, 2.75) is 25.8 Å². The first-order chi connectivity index (χ1) is 6.63. The highest BCUT2D eigenvalue weighted by atomic mass is 16.2. The minimum absolute atomic E-state index is 0.00425. The minimum Gasteiger partial charge on any atom is -0.355 e. The highest BCUT2D eigenvalue weighted by Crippen LogP contribution is 1.98. The molecule has 0 bridgehead atoms. The predicted octanol–water partition coefficient (Wildman–Crippen LogP) is 0.0523. The van der Waals surface area contributed by atoms with E-state index in [0.29, 0.717) is 0 Å². The van der Waals surface area contributed by atoms with Crippen LogP contribution in [0.25, 0.3) is 0 Å². The largest absolute Gasteiger partial charge is 0.355 e. The Labute approximate surface area is 87.0 Å². The number of likely N-dealkylation sites (N-methyl/N-ethyl adjacent to an activating group) is 1.